The maximum atomic E-state index is 12.7. The third kappa shape index (κ3) is 3.87. The van der Waals surface area contributed by atoms with Crippen LogP contribution in [0.2, 0.25) is 0 Å². The Labute approximate surface area is 135 Å². The Hall–Kier alpha value is -0.960. The fraction of sp³-hybridized carbons (Fsp3) is 0.643. The summed E-state index contributed by atoms with van der Waals surface area (Å²) >= 11 is 1.15. The van der Waals surface area contributed by atoms with Gasteiger partial charge in [-0.15, -0.1) is 11.3 Å². The topological polar surface area (TPSA) is 75.7 Å². The molecule has 1 saturated heterocycles. The Morgan fingerprint density at radius 2 is 2.09 bits per heavy atom. The fourth-order valence-electron chi connectivity index (χ4n) is 2.49. The molecule has 2 rings (SSSR count). The highest BCUT2D eigenvalue weighted by Crippen LogP contribution is 2.27. The summed E-state index contributed by atoms with van der Waals surface area (Å²) in [7, 11) is -2.04. The van der Waals surface area contributed by atoms with Crippen LogP contribution in [0.25, 0.3) is 0 Å². The van der Waals surface area contributed by atoms with E-state index in [9.17, 15) is 13.2 Å². The van der Waals surface area contributed by atoms with Gasteiger partial charge < -0.3 is 10.1 Å². The van der Waals surface area contributed by atoms with Crippen LogP contribution in [0.3, 0.4) is 0 Å². The summed E-state index contributed by atoms with van der Waals surface area (Å²) in [5.74, 6) is -0.366. The van der Waals surface area contributed by atoms with Gasteiger partial charge in [0.1, 0.15) is 9.77 Å². The standard InChI is InChI=1S/C14H22N2O4S2/c1-11(10-20-2)15-14(17)13-12(6-9-21-13)22(18,19)16-7-4-3-5-8-16/h6,9,11H,3-5,7-8,10H2,1-2H3,(H,15,17). The van der Waals surface area contributed by atoms with Gasteiger partial charge in [0.2, 0.25) is 10.0 Å². The van der Waals surface area contributed by atoms with Crippen LogP contribution in [0.4, 0.5) is 0 Å². The van der Waals surface area contributed by atoms with E-state index in [1.165, 1.54) is 10.4 Å². The number of methoxy groups -OCH3 is 1. The Kier molecular flexibility index (Phi) is 5.96. The van der Waals surface area contributed by atoms with E-state index >= 15 is 0 Å². The number of sulfonamides is 1. The monoisotopic (exact) mass is 346 g/mol. The molecule has 124 valence electrons. The maximum absolute atomic E-state index is 12.7. The highest BCUT2D eigenvalue weighted by Gasteiger charge is 2.31. The van der Waals surface area contributed by atoms with Crippen molar-refractivity contribution in [2.75, 3.05) is 26.8 Å². The van der Waals surface area contributed by atoms with E-state index in [0.717, 1.165) is 30.6 Å². The number of carbonyl (C=O) groups excluding carboxylic acids is 1. The summed E-state index contributed by atoms with van der Waals surface area (Å²) in [5.41, 5.74) is 0. The molecule has 0 spiro atoms. The van der Waals surface area contributed by atoms with Crippen molar-refractivity contribution in [3.63, 3.8) is 0 Å². The van der Waals surface area contributed by atoms with Crippen molar-refractivity contribution in [3.8, 4) is 0 Å². The van der Waals surface area contributed by atoms with E-state index in [4.69, 9.17) is 4.74 Å². The number of hydrogen-bond acceptors (Lipinski definition) is 5. The van der Waals surface area contributed by atoms with Gasteiger partial charge in [0, 0.05) is 26.2 Å². The Balaban J connectivity index is 2.19. The SMILES string of the molecule is COCC(C)NC(=O)c1sccc1S(=O)(=O)N1CCCCC1. The van der Waals surface area contributed by atoms with Gasteiger partial charge >= 0.3 is 0 Å². The summed E-state index contributed by atoms with van der Waals surface area (Å²) in [6.45, 7) is 3.25. The number of nitrogens with one attached hydrogen (secondary N) is 1. The van der Waals surface area contributed by atoms with Crippen molar-refractivity contribution in [2.45, 2.75) is 37.1 Å². The lowest BCUT2D eigenvalue weighted by Crippen LogP contribution is -2.38. The van der Waals surface area contributed by atoms with Crippen molar-refractivity contribution < 1.29 is 17.9 Å². The van der Waals surface area contributed by atoms with Gasteiger partial charge in [0.25, 0.3) is 5.91 Å². The molecule has 1 amide bonds. The molecule has 22 heavy (non-hydrogen) atoms. The summed E-state index contributed by atoms with van der Waals surface area (Å²) in [4.78, 5) is 12.7. The van der Waals surface area contributed by atoms with Crippen LogP contribution in [0, 0.1) is 0 Å². The van der Waals surface area contributed by atoms with Gasteiger partial charge in [-0.1, -0.05) is 6.42 Å². The van der Waals surface area contributed by atoms with Crippen LogP contribution >= 0.6 is 11.3 Å². The highest BCUT2D eigenvalue weighted by molar-refractivity contribution is 7.89. The maximum Gasteiger partial charge on any atom is 0.263 e. The molecule has 1 aliphatic rings. The molecule has 0 aromatic carbocycles. The first-order chi connectivity index (χ1) is 10.5. The molecular formula is C14H22N2O4S2. The normalized spacial score (nSPS) is 18.1. The van der Waals surface area contributed by atoms with E-state index in [-0.39, 0.29) is 21.7 Å². The van der Waals surface area contributed by atoms with Gasteiger partial charge in [-0.3, -0.25) is 4.79 Å². The van der Waals surface area contributed by atoms with E-state index in [2.05, 4.69) is 5.32 Å². The Morgan fingerprint density at radius 1 is 1.41 bits per heavy atom. The molecule has 8 heteroatoms. The lowest BCUT2D eigenvalue weighted by atomic mass is 10.2. The number of piperidine rings is 1. The predicted octanol–water partition coefficient (Wildman–Crippen LogP) is 1.69. The third-order valence-electron chi connectivity index (χ3n) is 3.56. The largest absolute Gasteiger partial charge is 0.383 e. The first kappa shape index (κ1) is 17.4. The molecule has 2 heterocycles. The molecule has 1 aromatic heterocycles. The molecular weight excluding hydrogens is 324 g/mol. The van der Waals surface area contributed by atoms with Gasteiger partial charge in [-0.2, -0.15) is 4.31 Å². The lowest BCUT2D eigenvalue weighted by Gasteiger charge is -2.25. The Morgan fingerprint density at radius 3 is 2.73 bits per heavy atom. The summed E-state index contributed by atoms with van der Waals surface area (Å²) < 4.78 is 31.9. The first-order valence-corrected chi connectivity index (χ1v) is 9.66. The van der Waals surface area contributed by atoms with E-state index in [1.54, 1.807) is 12.5 Å². The van der Waals surface area contributed by atoms with E-state index in [0.29, 0.717) is 19.7 Å². The average molecular weight is 346 g/mol. The summed E-state index contributed by atoms with van der Waals surface area (Å²) in [5, 5.41) is 4.41. The van der Waals surface area contributed by atoms with Crippen LogP contribution in [0.15, 0.2) is 16.3 Å². The quantitative estimate of drug-likeness (QED) is 0.850. The smallest absolute Gasteiger partial charge is 0.263 e. The van der Waals surface area contributed by atoms with Crippen LogP contribution < -0.4 is 5.32 Å². The van der Waals surface area contributed by atoms with E-state index < -0.39 is 10.0 Å². The zero-order chi connectivity index (χ0) is 16.2. The van der Waals surface area contributed by atoms with Crippen molar-refractivity contribution in [3.05, 3.63) is 16.3 Å². The molecule has 1 aromatic rings. The molecule has 6 nitrogen and oxygen atoms in total. The van der Waals surface area contributed by atoms with Crippen LogP contribution in [0.1, 0.15) is 35.9 Å². The zero-order valence-corrected chi connectivity index (χ0v) is 14.5. The van der Waals surface area contributed by atoms with Gasteiger partial charge in [0.05, 0.1) is 6.61 Å². The predicted molar refractivity (Wildman–Crippen MR) is 85.7 cm³/mol. The minimum Gasteiger partial charge on any atom is -0.383 e. The number of nitrogens with zero attached hydrogens (tertiary/aromatic N) is 1. The number of ether oxygens (including phenoxy) is 1. The molecule has 0 radical (unpaired) electrons. The highest BCUT2D eigenvalue weighted by atomic mass is 32.2. The van der Waals surface area contributed by atoms with Crippen molar-refractivity contribution in [1.82, 2.24) is 9.62 Å². The zero-order valence-electron chi connectivity index (χ0n) is 12.9. The number of rotatable bonds is 6. The minimum atomic E-state index is -3.59. The van der Waals surface area contributed by atoms with Crippen LogP contribution in [-0.4, -0.2) is 51.5 Å². The second kappa shape index (κ2) is 7.54. The summed E-state index contributed by atoms with van der Waals surface area (Å²) in [6, 6.07) is 1.34. The minimum absolute atomic E-state index is 0.113. The van der Waals surface area contributed by atoms with Gasteiger partial charge in [-0.05, 0) is 31.2 Å². The number of carbonyl (C=O) groups is 1. The molecule has 1 atom stereocenters. The molecule has 0 bridgehead atoms. The van der Waals surface area contributed by atoms with Crippen LogP contribution in [0.5, 0.6) is 0 Å². The molecule has 1 fully saturated rings. The number of hydrogen-bond donors (Lipinski definition) is 1. The molecule has 1 aliphatic heterocycles. The molecule has 1 unspecified atom stereocenters. The van der Waals surface area contributed by atoms with Crippen LogP contribution in [-0.2, 0) is 14.8 Å². The fourth-order valence-corrected chi connectivity index (χ4v) is 5.31. The van der Waals surface area contributed by atoms with Crippen molar-refractivity contribution in [2.24, 2.45) is 0 Å². The lowest BCUT2D eigenvalue weighted by molar-refractivity contribution is 0.0906. The second-order valence-electron chi connectivity index (χ2n) is 5.41. The first-order valence-electron chi connectivity index (χ1n) is 7.34. The third-order valence-corrected chi connectivity index (χ3v) is 6.55. The number of thiophene rings is 1. The van der Waals surface area contributed by atoms with Crippen molar-refractivity contribution >= 4 is 27.3 Å². The average Bonchev–Trinajstić information content (AvgIpc) is 2.98. The molecule has 0 saturated carbocycles. The van der Waals surface area contributed by atoms with E-state index in [1.807, 2.05) is 6.92 Å². The Bertz CT molecular complexity index is 606. The van der Waals surface area contributed by atoms with Gasteiger partial charge in [0.15, 0.2) is 0 Å². The van der Waals surface area contributed by atoms with Gasteiger partial charge in [-0.25, -0.2) is 8.42 Å². The molecule has 0 aliphatic carbocycles. The number of amides is 1. The summed E-state index contributed by atoms with van der Waals surface area (Å²) in [6.07, 6.45) is 2.79. The second-order valence-corrected chi connectivity index (χ2v) is 8.23. The van der Waals surface area contributed by atoms with Crippen molar-refractivity contribution in [1.29, 1.82) is 0 Å². The molecule has 1 N–H and O–H groups in total.